The van der Waals surface area contributed by atoms with Crippen LogP contribution < -0.4 is 15.1 Å². The van der Waals surface area contributed by atoms with Gasteiger partial charge >= 0.3 is 11.0 Å². The largest absolute Gasteiger partial charge is 0.444 e. The van der Waals surface area contributed by atoms with Gasteiger partial charge < -0.3 is 19.9 Å². The first-order chi connectivity index (χ1) is 14.9. The summed E-state index contributed by atoms with van der Waals surface area (Å²) in [4.78, 5) is 40.9. The zero-order valence-corrected chi connectivity index (χ0v) is 18.8. The van der Waals surface area contributed by atoms with Crippen LogP contribution >= 0.6 is 11.3 Å². The first-order valence-electron chi connectivity index (χ1n) is 9.76. The van der Waals surface area contributed by atoms with Crippen molar-refractivity contribution in [1.29, 1.82) is 0 Å². The zero-order valence-electron chi connectivity index (χ0n) is 18.0. The number of thiazole rings is 1. The maximum atomic E-state index is 13.7. The highest BCUT2D eigenvalue weighted by Crippen LogP contribution is 2.23. The number of likely N-dealkylation sites (N-methyl/N-ethyl adjacent to an activating group) is 1. The Balaban J connectivity index is 1.89. The Morgan fingerprint density at radius 1 is 1.16 bits per heavy atom. The molecule has 2 N–H and O–H groups in total. The van der Waals surface area contributed by atoms with Crippen LogP contribution in [-0.4, -0.2) is 35.7 Å². The number of amides is 2. The number of benzene rings is 2. The number of nitrogens with one attached hydrogen (secondary N) is 2. The molecule has 0 unspecified atom stereocenters. The molecule has 170 valence electrons. The molecule has 0 radical (unpaired) electrons. The van der Waals surface area contributed by atoms with Gasteiger partial charge in [-0.1, -0.05) is 11.3 Å². The second kappa shape index (κ2) is 9.07. The predicted molar refractivity (Wildman–Crippen MR) is 119 cm³/mol. The number of anilines is 1. The molecule has 32 heavy (non-hydrogen) atoms. The third kappa shape index (κ3) is 5.91. The Bertz CT molecular complexity index is 1200. The molecule has 2 amide bonds. The molecule has 0 aliphatic heterocycles. The van der Waals surface area contributed by atoms with Crippen molar-refractivity contribution in [1.82, 2.24) is 10.3 Å². The summed E-state index contributed by atoms with van der Waals surface area (Å²) in [5.41, 5.74) is 0.437. The highest BCUT2D eigenvalue weighted by molar-refractivity contribution is 7.16. The molecular weight excluding hydrogens is 440 g/mol. The summed E-state index contributed by atoms with van der Waals surface area (Å²) in [5, 5.41) is 2.50. The number of halogens is 2. The normalized spacial score (nSPS) is 12.4. The standard InChI is InChI=1S/C22H23F2N3O4S/c1-22(2,3)31-20(29)25-17(9-12-7-13(23)10-14(24)8-12)19(28)27(4)15-5-6-18-16(11-15)26-21(30)32-18/h5-8,10-11,17H,9H2,1-4H3,(H,25,29)(H,26,30)/t17-/m0/s1. The van der Waals surface area contributed by atoms with Crippen molar-refractivity contribution in [3.05, 3.63) is 63.3 Å². The van der Waals surface area contributed by atoms with Crippen molar-refractivity contribution in [2.24, 2.45) is 0 Å². The SMILES string of the molecule is CN(C(=O)[C@H](Cc1cc(F)cc(F)c1)NC(=O)OC(C)(C)C)c1ccc2sc(=O)[nH]c2c1. The van der Waals surface area contributed by atoms with Gasteiger partial charge in [0.1, 0.15) is 23.3 Å². The summed E-state index contributed by atoms with van der Waals surface area (Å²) in [7, 11) is 1.50. The molecule has 0 saturated carbocycles. The molecule has 0 aliphatic rings. The van der Waals surface area contributed by atoms with Gasteiger partial charge in [-0.15, -0.1) is 0 Å². The summed E-state index contributed by atoms with van der Waals surface area (Å²) >= 11 is 1.05. The van der Waals surface area contributed by atoms with Crippen LogP contribution in [0, 0.1) is 11.6 Å². The highest BCUT2D eigenvalue weighted by atomic mass is 32.1. The number of fused-ring (bicyclic) bond motifs is 1. The molecule has 0 saturated heterocycles. The van der Waals surface area contributed by atoms with E-state index in [-0.39, 0.29) is 16.9 Å². The van der Waals surface area contributed by atoms with Gasteiger partial charge in [-0.25, -0.2) is 13.6 Å². The summed E-state index contributed by atoms with van der Waals surface area (Å²) in [6, 6.07) is 6.77. The van der Waals surface area contributed by atoms with E-state index in [4.69, 9.17) is 4.74 Å². The van der Waals surface area contributed by atoms with Crippen LogP contribution in [-0.2, 0) is 16.0 Å². The van der Waals surface area contributed by atoms with Gasteiger partial charge in [0.25, 0.3) is 0 Å². The number of aromatic amines is 1. The lowest BCUT2D eigenvalue weighted by Gasteiger charge is -2.27. The summed E-state index contributed by atoms with van der Waals surface area (Å²) in [6.45, 7) is 5.02. The second-order valence-corrected chi connectivity index (χ2v) is 9.29. The van der Waals surface area contributed by atoms with Gasteiger partial charge in [-0.2, -0.15) is 0 Å². The average Bonchev–Trinajstić information content (AvgIpc) is 3.03. The molecular formula is C22H23F2N3O4S. The number of rotatable bonds is 5. The molecule has 0 aliphatic carbocycles. The van der Waals surface area contributed by atoms with Gasteiger partial charge in [-0.3, -0.25) is 9.59 Å². The van der Waals surface area contributed by atoms with Gasteiger partial charge in [0.2, 0.25) is 5.91 Å². The molecule has 0 spiro atoms. The van der Waals surface area contributed by atoms with Crippen molar-refractivity contribution < 1.29 is 23.1 Å². The predicted octanol–water partition coefficient (Wildman–Crippen LogP) is 3.97. The number of aromatic nitrogens is 1. The Kier molecular flexibility index (Phi) is 6.63. The fourth-order valence-corrected chi connectivity index (χ4v) is 3.84. The minimum atomic E-state index is -1.16. The molecule has 1 aromatic heterocycles. The summed E-state index contributed by atoms with van der Waals surface area (Å²) in [6.07, 6.45) is -0.993. The molecule has 7 nitrogen and oxygen atoms in total. The van der Waals surface area contributed by atoms with E-state index in [1.165, 1.54) is 11.9 Å². The molecule has 1 heterocycles. The Hall–Kier alpha value is -3.27. The quantitative estimate of drug-likeness (QED) is 0.599. The lowest BCUT2D eigenvalue weighted by atomic mass is 10.0. The van der Waals surface area contributed by atoms with E-state index in [1.54, 1.807) is 39.0 Å². The number of H-pyrrole nitrogens is 1. The minimum absolute atomic E-state index is 0.158. The lowest BCUT2D eigenvalue weighted by molar-refractivity contribution is -0.120. The van der Waals surface area contributed by atoms with Crippen molar-refractivity contribution in [2.75, 3.05) is 11.9 Å². The minimum Gasteiger partial charge on any atom is -0.444 e. The topological polar surface area (TPSA) is 91.5 Å². The van der Waals surface area contributed by atoms with Gasteiger partial charge in [0.05, 0.1) is 10.2 Å². The number of alkyl carbamates (subject to hydrolysis) is 1. The summed E-state index contributed by atoms with van der Waals surface area (Å²) in [5.74, 6) is -2.11. The molecule has 0 bridgehead atoms. The third-order valence-electron chi connectivity index (χ3n) is 4.47. The number of carbonyl (C=O) groups is 2. The first kappa shape index (κ1) is 23.4. The fraction of sp³-hybridized carbons (Fsp3) is 0.318. The maximum Gasteiger partial charge on any atom is 0.408 e. The Morgan fingerprint density at radius 2 is 1.81 bits per heavy atom. The van der Waals surface area contributed by atoms with Crippen LogP contribution in [0.25, 0.3) is 10.2 Å². The van der Waals surface area contributed by atoms with E-state index in [0.29, 0.717) is 11.2 Å². The molecule has 1 atom stereocenters. The number of nitrogens with zero attached hydrogens (tertiary/aromatic N) is 1. The summed E-state index contributed by atoms with van der Waals surface area (Å²) < 4.78 is 33.3. The van der Waals surface area contributed by atoms with E-state index in [9.17, 15) is 23.2 Å². The Morgan fingerprint density at radius 3 is 2.44 bits per heavy atom. The van der Waals surface area contributed by atoms with Crippen LogP contribution in [0.1, 0.15) is 26.3 Å². The molecule has 2 aromatic carbocycles. The van der Waals surface area contributed by atoms with Crippen molar-refractivity contribution in [2.45, 2.75) is 38.8 Å². The van der Waals surface area contributed by atoms with Gasteiger partial charge in [0.15, 0.2) is 0 Å². The Labute approximate surface area is 187 Å². The number of ether oxygens (including phenoxy) is 1. The van der Waals surface area contributed by atoms with E-state index >= 15 is 0 Å². The van der Waals surface area contributed by atoms with Crippen LogP contribution in [0.2, 0.25) is 0 Å². The highest BCUT2D eigenvalue weighted by Gasteiger charge is 2.28. The zero-order chi connectivity index (χ0) is 23.6. The van der Waals surface area contributed by atoms with Crippen LogP contribution in [0.5, 0.6) is 0 Å². The fourth-order valence-electron chi connectivity index (χ4n) is 3.12. The van der Waals surface area contributed by atoms with Crippen LogP contribution in [0.15, 0.2) is 41.2 Å². The first-order valence-corrected chi connectivity index (χ1v) is 10.6. The maximum absolute atomic E-state index is 13.7. The van der Waals surface area contributed by atoms with Gasteiger partial charge in [0, 0.05) is 25.2 Å². The molecule has 0 fully saturated rings. The third-order valence-corrected chi connectivity index (χ3v) is 5.34. The van der Waals surface area contributed by atoms with E-state index < -0.39 is 35.3 Å². The average molecular weight is 464 g/mol. The van der Waals surface area contributed by atoms with Crippen molar-refractivity contribution >= 4 is 39.2 Å². The number of hydrogen-bond acceptors (Lipinski definition) is 5. The van der Waals surface area contributed by atoms with E-state index in [1.807, 2.05) is 0 Å². The molecule has 3 rings (SSSR count). The molecule has 10 heteroatoms. The number of hydrogen-bond donors (Lipinski definition) is 2. The van der Waals surface area contributed by atoms with E-state index in [2.05, 4.69) is 10.3 Å². The van der Waals surface area contributed by atoms with Crippen molar-refractivity contribution in [3.8, 4) is 0 Å². The van der Waals surface area contributed by atoms with Gasteiger partial charge in [-0.05, 0) is 56.7 Å². The van der Waals surface area contributed by atoms with Crippen molar-refractivity contribution in [3.63, 3.8) is 0 Å². The monoisotopic (exact) mass is 463 g/mol. The smallest absolute Gasteiger partial charge is 0.408 e. The number of carbonyl (C=O) groups excluding carboxylic acids is 2. The second-order valence-electron chi connectivity index (χ2n) is 8.27. The van der Waals surface area contributed by atoms with Crippen LogP contribution in [0.4, 0.5) is 19.3 Å². The van der Waals surface area contributed by atoms with E-state index in [0.717, 1.165) is 34.2 Å². The lowest BCUT2D eigenvalue weighted by Crippen LogP contribution is -2.50. The molecule has 3 aromatic rings. The van der Waals surface area contributed by atoms with Crippen LogP contribution in [0.3, 0.4) is 0 Å².